The Bertz CT molecular complexity index is 686. The van der Waals surface area contributed by atoms with Gasteiger partial charge >= 0.3 is 5.97 Å². The summed E-state index contributed by atoms with van der Waals surface area (Å²) in [5.41, 5.74) is 1.43. The Morgan fingerprint density at radius 2 is 2.05 bits per heavy atom. The summed E-state index contributed by atoms with van der Waals surface area (Å²) in [4.78, 5) is 25.4. The number of benzene rings is 1. The lowest BCUT2D eigenvalue weighted by Gasteiger charge is -2.11. The van der Waals surface area contributed by atoms with E-state index in [1.165, 1.54) is 6.07 Å². The van der Waals surface area contributed by atoms with Crippen molar-refractivity contribution in [3.05, 3.63) is 63.5 Å². The quantitative estimate of drug-likeness (QED) is 0.646. The van der Waals surface area contributed by atoms with Crippen LogP contribution in [0.25, 0.3) is 0 Å². The summed E-state index contributed by atoms with van der Waals surface area (Å²) in [5.74, 6) is -1.20. The molecule has 108 valence electrons. The zero-order valence-corrected chi connectivity index (χ0v) is 11.2. The molecule has 0 aliphatic heterocycles. The molecular weight excluding hydrogens is 274 g/mol. The lowest BCUT2D eigenvalue weighted by molar-refractivity contribution is -0.385. The number of hydrogen-bond acceptors (Lipinski definition) is 5. The van der Waals surface area contributed by atoms with Gasteiger partial charge in [-0.05, 0) is 30.7 Å². The van der Waals surface area contributed by atoms with E-state index in [1.54, 1.807) is 31.5 Å². The maximum Gasteiger partial charge on any atom is 0.336 e. The molecule has 0 aliphatic rings. The van der Waals surface area contributed by atoms with E-state index in [4.69, 9.17) is 5.11 Å². The number of carbonyl (C=O) groups is 1. The van der Waals surface area contributed by atoms with E-state index in [-0.39, 0.29) is 11.3 Å². The van der Waals surface area contributed by atoms with Gasteiger partial charge in [0.25, 0.3) is 5.69 Å². The highest BCUT2D eigenvalue weighted by molar-refractivity contribution is 5.90. The number of nitrogens with one attached hydrogen (secondary N) is 1. The number of nitro benzene ring substituents is 1. The number of pyridine rings is 1. The Morgan fingerprint density at radius 1 is 1.38 bits per heavy atom. The predicted molar refractivity (Wildman–Crippen MR) is 76.4 cm³/mol. The number of nitro groups is 1. The van der Waals surface area contributed by atoms with Crippen LogP contribution in [0.15, 0.2) is 36.7 Å². The van der Waals surface area contributed by atoms with E-state index in [0.29, 0.717) is 17.8 Å². The van der Waals surface area contributed by atoms with Crippen molar-refractivity contribution in [3.63, 3.8) is 0 Å². The van der Waals surface area contributed by atoms with Crippen LogP contribution in [0, 0.1) is 17.0 Å². The maximum absolute atomic E-state index is 11.1. The smallest absolute Gasteiger partial charge is 0.336 e. The molecule has 0 saturated carbocycles. The van der Waals surface area contributed by atoms with Gasteiger partial charge in [-0.25, -0.2) is 4.79 Å². The van der Waals surface area contributed by atoms with Crippen LogP contribution < -0.4 is 5.32 Å². The topological polar surface area (TPSA) is 105 Å². The van der Waals surface area contributed by atoms with Gasteiger partial charge < -0.3 is 10.4 Å². The molecule has 0 saturated heterocycles. The number of carboxylic acids is 1. The van der Waals surface area contributed by atoms with Gasteiger partial charge in [-0.3, -0.25) is 15.1 Å². The summed E-state index contributed by atoms with van der Waals surface area (Å²) < 4.78 is 0. The fourth-order valence-electron chi connectivity index (χ4n) is 1.89. The first-order valence-electron chi connectivity index (χ1n) is 6.14. The molecule has 2 N–H and O–H groups in total. The first-order chi connectivity index (χ1) is 9.99. The minimum atomic E-state index is -1.20. The van der Waals surface area contributed by atoms with Gasteiger partial charge in [-0.1, -0.05) is 0 Å². The van der Waals surface area contributed by atoms with E-state index in [1.807, 2.05) is 0 Å². The van der Waals surface area contributed by atoms with E-state index < -0.39 is 10.9 Å². The second-order valence-corrected chi connectivity index (χ2v) is 4.44. The lowest BCUT2D eigenvalue weighted by Crippen LogP contribution is -2.06. The van der Waals surface area contributed by atoms with Gasteiger partial charge in [0.15, 0.2) is 0 Å². The molecule has 1 aromatic carbocycles. The van der Waals surface area contributed by atoms with Crippen molar-refractivity contribution in [2.24, 2.45) is 0 Å². The molecule has 1 aromatic heterocycles. The average Bonchev–Trinajstić information content (AvgIpc) is 2.46. The van der Waals surface area contributed by atoms with Crippen LogP contribution in [0.1, 0.15) is 21.5 Å². The van der Waals surface area contributed by atoms with Gasteiger partial charge in [0.05, 0.1) is 10.5 Å². The summed E-state index contributed by atoms with van der Waals surface area (Å²) in [5, 5.41) is 23.1. The second kappa shape index (κ2) is 6.00. The number of hydrogen-bond donors (Lipinski definition) is 2. The molecule has 0 atom stereocenters. The second-order valence-electron chi connectivity index (χ2n) is 4.44. The van der Waals surface area contributed by atoms with E-state index >= 15 is 0 Å². The van der Waals surface area contributed by atoms with E-state index in [2.05, 4.69) is 10.3 Å². The Hall–Kier alpha value is -2.96. The van der Waals surface area contributed by atoms with Crippen molar-refractivity contribution < 1.29 is 14.8 Å². The normalized spacial score (nSPS) is 10.1. The number of aromatic nitrogens is 1. The van der Waals surface area contributed by atoms with Gasteiger partial charge in [-0.2, -0.15) is 0 Å². The van der Waals surface area contributed by atoms with Crippen molar-refractivity contribution in [1.29, 1.82) is 0 Å². The van der Waals surface area contributed by atoms with Crippen LogP contribution in [-0.4, -0.2) is 21.0 Å². The largest absolute Gasteiger partial charge is 0.478 e. The number of rotatable bonds is 5. The molecule has 0 bridgehead atoms. The van der Waals surface area contributed by atoms with Gasteiger partial charge in [0.2, 0.25) is 0 Å². The monoisotopic (exact) mass is 287 g/mol. The standard InChI is InChI=1S/C14H13N3O4/c1-9-12(16-8-10-2-4-15-5-3-10)6-11(14(18)19)7-13(9)17(20)21/h2-7,16H,8H2,1H3,(H,18,19). The molecule has 1 heterocycles. The summed E-state index contributed by atoms with van der Waals surface area (Å²) in [7, 11) is 0. The third-order valence-electron chi connectivity index (χ3n) is 3.06. The fraction of sp³-hybridized carbons (Fsp3) is 0.143. The van der Waals surface area contributed by atoms with Crippen LogP contribution >= 0.6 is 0 Å². The lowest BCUT2D eigenvalue weighted by atomic mass is 10.1. The van der Waals surface area contributed by atoms with E-state index in [9.17, 15) is 14.9 Å². The average molecular weight is 287 g/mol. The first-order valence-corrected chi connectivity index (χ1v) is 6.14. The Kier molecular flexibility index (Phi) is 4.13. The van der Waals surface area contributed by atoms with E-state index in [0.717, 1.165) is 11.6 Å². The Balaban J connectivity index is 2.33. The van der Waals surface area contributed by atoms with Crippen molar-refractivity contribution in [1.82, 2.24) is 4.98 Å². The van der Waals surface area contributed by atoms with Gasteiger partial charge in [0, 0.05) is 36.3 Å². The zero-order valence-electron chi connectivity index (χ0n) is 11.2. The van der Waals surface area contributed by atoms with Gasteiger partial charge in [-0.15, -0.1) is 0 Å². The third kappa shape index (κ3) is 3.33. The molecule has 7 nitrogen and oxygen atoms in total. The molecule has 2 aromatic rings. The maximum atomic E-state index is 11.1. The molecule has 2 rings (SSSR count). The molecule has 0 fully saturated rings. The van der Waals surface area contributed by atoms with Gasteiger partial charge in [0.1, 0.15) is 0 Å². The van der Waals surface area contributed by atoms with Crippen LogP contribution in [0.3, 0.4) is 0 Å². The highest BCUT2D eigenvalue weighted by Gasteiger charge is 2.18. The summed E-state index contributed by atoms with van der Waals surface area (Å²) >= 11 is 0. The molecule has 0 unspecified atom stereocenters. The van der Waals surface area contributed by atoms with Crippen molar-refractivity contribution in [2.75, 3.05) is 5.32 Å². The van der Waals surface area contributed by atoms with Crippen molar-refractivity contribution in [3.8, 4) is 0 Å². The van der Waals surface area contributed by atoms with Crippen molar-refractivity contribution >= 4 is 17.3 Å². The molecule has 0 radical (unpaired) electrons. The van der Waals surface area contributed by atoms with Crippen molar-refractivity contribution in [2.45, 2.75) is 13.5 Å². The first kappa shape index (κ1) is 14.4. The molecule has 21 heavy (non-hydrogen) atoms. The fourth-order valence-corrected chi connectivity index (χ4v) is 1.89. The van der Waals surface area contributed by atoms with Crippen LogP contribution in [0.4, 0.5) is 11.4 Å². The SMILES string of the molecule is Cc1c(NCc2ccncc2)cc(C(=O)O)cc1[N+](=O)[O-]. The summed E-state index contributed by atoms with van der Waals surface area (Å²) in [6.07, 6.45) is 3.28. The highest BCUT2D eigenvalue weighted by Crippen LogP contribution is 2.28. The number of anilines is 1. The molecule has 0 spiro atoms. The Morgan fingerprint density at radius 3 is 2.62 bits per heavy atom. The molecule has 7 heteroatoms. The van der Waals surface area contributed by atoms with Crippen LogP contribution in [0.5, 0.6) is 0 Å². The van der Waals surface area contributed by atoms with Crippen LogP contribution in [-0.2, 0) is 6.54 Å². The zero-order chi connectivity index (χ0) is 15.4. The summed E-state index contributed by atoms with van der Waals surface area (Å²) in [6.45, 7) is 2.00. The Labute approximate surface area is 120 Å². The third-order valence-corrected chi connectivity index (χ3v) is 3.06. The van der Waals surface area contributed by atoms with Crippen LogP contribution in [0.2, 0.25) is 0 Å². The minimum absolute atomic E-state index is 0.121. The number of aromatic carboxylic acids is 1. The predicted octanol–water partition coefficient (Wildman–Crippen LogP) is 2.61. The molecule has 0 amide bonds. The number of nitrogens with zero attached hydrogens (tertiary/aromatic N) is 2. The molecular formula is C14H13N3O4. The minimum Gasteiger partial charge on any atom is -0.478 e. The highest BCUT2D eigenvalue weighted by atomic mass is 16.6. The number of carboxylic acid groups (broad SMARTS) is 1. The summed E-state index contributed by atoms with van der Waals surface area (Å²) in [6, 6.07) is 6.07. The molecule has 0 aliphatic carbocycles.